The zero-order chi connectivity index (χ0) is 11.4. The normalized spacial score (nSPS) is 9.25. The van der Waals surface area contributed by atoms with Gasteiger partial charge in [-0.05, 0) is 24.3 Å². The fraction of sp³-hybridized carbons (Fsp3) is 0.0769. The van der Waals surface area contributed by atoms with Crippen molar-refractivity contribution in [2.75, 3.05) is 0 Å². The summed E-state index contributed by atoms with van der Waals surface area (Å²) < 4.78 is 0. The summed E-state index contributed by atoms with van der Waals surface area (Å²) in [5, 5.41) is 9.92. The Hall–Kier alpha value is -2.03. The van der Waals surface area contributed by atoms with Gasteiger partial charge >= 0.3 is 0 Å². The molecule has 0 aliphatic heterocycles. The molecular weight excluding hydrogens is 220 g/mol. The van der Waals surface area contributed by atoms with Crippen LogP contribution in [0.4, 0.5) is 0 Å². The van der Waals surface area contributed by atoms with E-state index in [4.69, 9.17) is 16.9 Å². The van der Waals surface area contributed by atoms with Crippen LogP contribution in [0.3, 0.4) is 0 Å². The van der Waals surface area contributed by atoms with E-state index in [1.807, 2.05) is 24.3 Å². The molecule has 0 bridgehead atoms. The van der Waals surface area contributed by atoms with E-state index in [0.29, 0.717) is 5.02 Å². The third kappa shape index (κ3) is 2.14. The van der Waals surface area contributed by atoms with Crippen LogP contribution in [0.2, 0.25) is 5.02 Å². The Bertz CT molecular complexity index is 630. The summed E-state index contributed by atoms with van der Waals surface area (Å²) in [5.74, 6) is 5.67. The number of nitrogens with zero attached hydrogens (tertiary/aromatic N) is 2. The van der Waals surface area contributed by atoms with Gasteiger partial charge in [-0.15, -0.1) is 0 Å². The predicted octanol–water partition coefficient (Wildman–Crippen LogP) is 3.15. The van der Waals surface area contributed by atoms with Gasteiger partial charge in [-0.25, -0.2) is 0 Å². The summed E-state index contributed by atoms with van der Waals surface area (Å²) in [4.78, 5) is 4.19. The minimum Gasteiger partial charge on any atom is -0.256 e. The molecule has 0 spiro atoms. The third-order valence-corrected chi connectivity index (χ3v) is 2.42. The molecule has 0 fully saturated rings. The molecule has 0 unspecified atom stereocenters. The molecule has 0 saturated carbocycles. The van der Waals surface area contributed by atoms with E-state index >= 15 is 0 Å². The molecule has 0 aliphatic rings. The summed E-state index contributed by atoms with van der Waals surface area (Å²) in [7, 11) is 0. The van der Waals surface area contributed by atoms with Crippen LogP contribution >= 0.6 is 11.6 Å². The van der Waals surface area contributed by atoms with Crippen molar-refractivity contribution in [3.8, 4) is 17.9 Å². The first-order chi connectivity index (χ1) is 7.81. The molecule has 0 N–H and O–H groups in total. The molecule has 0 amide bonds. The summed E-state index contributed by atoms with van der Waals surface area (Å²) in [6.07, 6.45) is 1.91. The van der Waals surface area contributed by atoms with Crippen molar-refractivity contribution in [2.45, 2.75) is 6.42 Å². The first kappa shape index (κ1) is 10.5. The van der Waals surface area contributed by atoms with Crippen molar-refractivity contribution in [3.05, 3.63) is 41.0 Å². The van der Waals surface area contributed by atoms with E-state index in [2.05, 4.69) is 16.8 Å². The SMILES string of the molecule is N#CCC#Cc1ccc2nccc(Cl)c2c1. The molecule has 0 aliphatic carbocycles. The van der Waals surface area contributed by atoms with Crippen LogP contribution < -0.4 is 0 Å². The summed E-state index contributed by atoms with van der Waals surface area (Å²) >= 11 is 6.05. The second-order valence-corrected chi connectivity index (χ2v) is 3.57. The van der Waals surface area contributed by atoms with E-state index in [0.717, 1.165) is 16.5 Å². The lowest BCUT2D eigenvalue weighted by molar-refractivity contribution is 1.39. The Balaban J connectivity index is 2.49. The Labute approximate surface area is 98.5 Å². The average Bonchev–Trinajstić information content (AvgIpc) is 2.30. The van der Waals surface area contributed by atoms with Gasteiger partial charge in [0.25, 0.3) is 0 Å². The average molecular weight is 227 g/mol. The second kappa shape index (κ2) is 4.66. The van der Waals surface area contributed by atoms with Crippen molar-refractivity contribution in [1.82, 2.24) is 4.98 Å². The Morgan fingerprint density at radius 2 is 2.19 bits per heavy atom. The molecule has 1 heterocycles. The first-order valence-electron chi connectivity index (χ1n) is 4.71. The predicted molar refractivity (Wildman–Crippen MR) is 63.9 cm³/mol. The minimum absolute atomic E-state index is 0.235. The highest BCUT2D eigenvalue weighted by Gasteiger charge is 1.99. The standard InChI is InChI=1S/C13H7ClN2/c14-12-6-8-16-13-5-4-10(9-11(12)13)3-1-2-7-15/h4-6,8-9H,2H2. The highest BCUT2D eigenvalue weighted by atomic mass is 35.5. The molecule has 0 saturated heterocycles. The van der Waals surface area contributed by atoms with Gasteiger partial charge in [0.2, 0.25) is 0 Å². The van der Waals surface area contributed by atoms with Gasteiger partial charge in [-0.3, -0.25) is 4.98 Å². The quantitative estimate of drug-likeness (QED) is 0.647. The van der Waals surface area contributed by atoms with Crippen LogP contribution in [0.5, 0.6) is 0 Å². The molecule has 0 atom stereocenters. The molecule has 3 heteroatoms. The van der Waals surface area contributed by atoms with Gasteiger partial charge in [0.05, 0.1) is 23.0 Å². The van der Waals surface area contributed by atoms with Crippen molar-refractivity contribution in [2.24, 2.45) is 0 Å². The third-order valence-electron chi connectivity index (χ3n) is 2.09. The number of hydrogen-bond donors (Lipinski definition) is 0. The van der Waals surface area contributed by atoms with Crippen molar-refractivity contribution < 1.29 is 0 Å². The number of rotatable bonds is 0. The van der Waals surface area contributed by atoms with E-state index in [-0.39, 0.29) is 6.42 Å². The maximum absolute atomic E-state index is 8.38. The van der Waals surface area contributed by atoms with Crippen molar-refractivity contribution in [1.29, 1.82) is 5.26 Å². The largest absolute Gasteiger partial charge is 0.256 e. The number of pyridine rings is 1. The van der Waals surface area contributed by atoms with E-state index < -0.39 is 0 Å². The van der Waals surface area contributed by atoms with Crippen LogP contribution in [0.15, 0.2) is 30.5 Å². The lowest BCUT2D eigenvalue weighted by atomic mass is 10.1. The molecule has 76 valence electrons. The van der Waals surface area contributed by atoms with E-state index in [9.17, 15) is 0 Å². The van der Waals surface area contributed by atoms with Gasteiger partial charge in [0, 0.05) is 17.1 Å². The topological polar surface area (TPSA) is 36.7 Å². The highest BCUT2D eigenvalue weighted by molar-refractivity contribution is 6.35. The van der Waals surface area contributed by atoms with Gasteiger partial charge in [0.1, 0.15) is 0 Å². The fourth-order valence-electron chi connectivity index (χ4n) is 1.38. The van der Waals surface area contributed by atoms with Crippen LogP contribution in [0.25, 0.3) is 10.9 Å². The molecule has 16 heavy (non-hydrogen) atoms. The van der Waals surface area contributed by atoms with Crippen molar-refractivity contribution in [3.63, 3.8) is 0 Å². The molecule has 2 aromatic rings. The molecule has 2 rings (SSSR count). The van der Waals surface area contributed by atoms with Crippen LogP contribution in [0, 0.1) is 23.2 Å². The van der Waals surface area contributed by atoms with Crippen LogP contribution in [-0.2, 0) is 0 Å². The zero-order valence-electron chi connectivity index (χ0n) is 8.37. The van der Waals surface area contributed by atoms with Crippen LogP contribution in [-0.4, -0.2) is 4.98 Å². The minimum atomic E-state index is 0.235. The number of benzene rings is 1. The van der Waals surface area contributed by atoms with E-state index in [1.54, 1.807) is 12.3 Å². The van der Waals surface area contributed by atoms with Gasteiger partial charge in [-0.2, -0.15) is 5.26 Å². The number of hydrogen-bond acceptors (Lipinski definition) is 2. The van der Waals surface area contributed by atoms with Crippen molar-refractivity contribution >= 4 is 22.5 Å². The Morgan fingerprint density at radius 1 is 1.31 bits per heavy atom. The number of nitriles is 1. The highest BCUT2D eigenvalue weighted by Crippen LogP contribution is 2.22. The zero-order valence-corrected chi connectivity index (χ0v) is 9.12. The summed E-state index contributed by atoms with van der Waals surface area (Å²) in [5.41, 5.74) is 1.69. The number of halogens is 1. The van der Waals surface area contributed by atoms with Gasteiger partial charge < -0.3 is 0 Å². The lowest BCUT2D eigenvalue weighted by Gasteiger charge is -1.99. The van der Waals surface area contributed by atoms with Crippen LogP contribution in [0.1, 0.15) is 12.0 Å². The molecule has 1 aromatic heterocycles. The van der Waals surface area contributed by atoms with E-state index in [1.165, 1.54) is 0 Å². The summed E-state index contributed by atoms with van der Waals surface area (Å²) in [6.45, 7) is 0. The number of fused-ring (bicyclic) bond motifs is 1. The molecular formula is C13H7ClN2. The summed E-state index contributed by atoms with van der Waals surface area (Å²) in [6, 6.07) is 9.35. The monoisotopic (exact) mass is 226 g/mol. The van der Waals surface area contributed by atoms with Gasteiger partial charge in [-0.1, -0.05) is 23.4 Å². The molecule has 2 nitrogen and oxygen atoms in total. The smallest absolute Gasteiger partial charge is 0.0966 e. The number of aromatic nitrogens is 1. The first-order valence-corrected chi connectivity index (χ1v) is 5.09. The Morgan fingerprint density at radius 3 is 3.00 bits per heavy atom. The lowest BCUT2D eigenvalue weighted by Crippen LogP contribution is -1.81. The molecule has 0 radical (unpaired) electrons. The fourth-order valence-corrected chi connectivity index (χ4v) is 1.58. The second-order valence-electron chi connectivity index (χ2n) is 3.16. The molecule has 1 aromatic carbocycles. The maximum Gasteiger partial charge on any atom is 0.0966 e. The maximum atomic E-state index is 8.38. The Kier molecular flexibility index (Phi) is 3.05. The van der Waals surface area contributed by atoms with Gasteiger partial charge in [0.15, 0.2) is 0 Å².